The fourth-order valence-corrected chi connectivity index (χ4v) is 3.38. The van der Waals surface area contributed by atoms with Crippen molar-refractivity contribution >= 4 is 17.3 Å². The number of benzene rings is 1. The highest BCUT2D eigenvalue weighted by atomic mass is 16.2. The van der Waals surface area contributed by atoms with E-state index < -0.39 is 0 Å². The standard InChI is InChI=1S/C17H24N2O/c1-11(2)14-9-16(10-14)18-15-4-5-17-13(8-15)6-7-19(17)12(3)20/h4-5,8,11,14,16,18H,6-7,9-10H2,1-3H3. The summed E-state index contributed by atoms with van der Waals surface area (Å²) in [6, 6.07) is 7.06. The predicted octanol–water partition coefficient (Wildman–Crippen LogP) is 3.44. The topological polar surface area (TPSA) is 32.3 Å². The van der Waals surface area contributed by atoms with Crippen LogP contribution in [0.4, 0.5) is 11.4 Å². The lowest BCUT2D eigenvalue weighted by Gasteiger charge is -2.39. The van der Waals surface area contributed by atoms with Crippen molar-refractivity contribution in [1.29, 1.82) is 0 Å². The molecule has 1 fully saturated rings. The summed E-state index contributed by atoms with van der Waals surface area (Å²) in [5.74, 6) is 1.83. The summed E-state index contributed by atoms with van der Waals surface area (Å²) in [4.78, 5) is 13.4. The van der Waals surface area contributed by atoms with E-state index in [1.165, 1.54) is 24.1 Å². The number of carbonyl (C=O) groups excluding carboxylic acids is 1. The molecular weight excluding hydrogens is 248 g/mol. The predicted molar refractivity (Wildman–Crippen MR) is 83.1 cm³/mol. The van der Waals surface area contributed by atoms with Crippen molar-refractivity contribution in [3.8, 4) is 0 Å². The second-order valence-electron chi connectivity index (χ2n) is 6.58. The fraction of sp³-hybridized carbons (Fsp3) is 0.588. The summed E-state index contributed by atoms with van der Waals surface area (Å²) in [6.45, 7) is 7.09. The normalized spacial score (nSPS) is 24.5. The summed E-state index contributed by atoms with van der Waals surface area (Å²) >= 11 is 0. The van der Waals surface area contributed by atoms with E-state index >= 15 is 0 Å². The molecular formula is C17H24N2O. The Hall–Kier alpha value is -1.51. The maximum Gasteiger partial charge on any atom is 0.223 e. The number of fused-ring (bicyclic) bond motifs is 1. The van der Waals surface area contributed by atoms with Gasteiger partial charge in [-0.05, 0) is 54.9 Å². The lowest BCUT2D eigenvalue weighted by Crippen LogP contribution is -2.37. The van der Waals surface area contributed by atoms with E-state index in [2.05, 4.69) is 37.4 Å². The number of nitrogens with zero attached hydrogens (tertiary/aromatic N) is 1. The first kappa shape index (κ1) is 13.5. The highest BCUT2D eigenvalue weighted by Gasteiger charge is 2.31. The van der Waals surface area contributed by atoms with Crippen molar-refractivity contribution in [2.75, 3.05) is 16.8 Å². The number of hydrogen-bond donors (Lipinski definition) is 1. The van der Waals surface area contributed by atoms with Gasteiger partial charge in [0.1, 0.15) is 0 Å². The molecule has 0 spiro atoms. The Morgan fingerprint density at radius 1 is 1.35 bits per heavy atom. The lowest BCUT2D eigenvalue weighted by molar-refractivity contribution is -0.116. The Morgan fingerprint density at radius 2 is 2.10 bits per heavy atom. The fourth-order valence-electron chi connectivity index (χ4n) is 3.38. The molecule has 108 valence electrons. The molecule has 0 radical (unpaired) electrons. The third-order valence-electron chi connectivity index (χ3n) is 4.84. The molecule has 1 aliphatic heterocycles. The molecule has 1 heterocycles. The number of nitrogens with one attached hydrogen (secondary N) is 1. The highest BCUT2D eigenvalue weighted by Crippen LogP contribution is 2.37. The van der Waals surface area contributed by atoms with Crippen molar-refractivity contribution in [2.24, 2.45) is 11.8 Å². The van der Waals surface area contributed by atoms with Gasteiger partial charge in [0.05, 0.1) is 0 Å². The molecule has 0 aromatic heterocycles. The third-order valence-corrected chi connectivity index (χ3v) is 4.84. The minimum Gasteiger partial charge on any atom is -0.382 e. The van der Waals surface area contributed by atoms with Crippen LogP contribution in [0, 0.1) is 11.8 Å². The van der Waals surface area contributed by atoms with E-state index in [1.807, 2.05) is 4.90 Å². The van der Waals surface area contributed by atoms with Crippen molar-refractivity contribution in [1.82, 2.24) is 0 Å². The Kier molecular flexibility index (Phi) is 3.45. The highest BCUT2D eigenvalue weighted by molar-refractivity contribution is 5.94. The molecule has 0 atom stereocenters. The largest absolute Gasteiger partial charge is 0.382 e. The van der Waals surface area contributed by atoms with E-state index in [0.29, 0.717) is 6.04 Å². The van der Waals surface area contributed by atoms with Crippen LogP contribution in [0.15, 0.2) is 18.2 Å². The molecule has 3 nitrogen and oxygen atoms in total. The Labute approximate surface area is 121 Å². The van der Waals surface area contributed by atoms with Crippen LogP contribution in [0.2, 0.25) is 0 Å². The summed E-state index contributed by atoms with van der Waals surface area (Å²) in [6.07, 6.45) is 3.55. The zero-order valence-corrected chi connectivity index (χ0v) is 12.6. The Bertz CT molecular complexity index is 518. The molecule has 1 saturated carbocycles. The average molecular weight is 272 g/mol. The maximum atomic E-state index is 11.5. The minimum absolute atomic E-state index is 0.142. The van der Waals surface area contributed by atoms with Gasteiger partial charge in [0, 0.05) is 30.9 Å². The van der Waals surface area contributed by atoms with Crippen LogP contribution >= 0.6 is 0 Å². The average Bonchev–Trinajstić information content (AvgIpc) is 2.75. The van der Waals surface area contributed by atoms with Crippen LogP contribution in [0.5, 0.6) is 0 Å². The first-order valence-electron chi connectivity index (χ1n) is 7.72. The van der Waals surface area contributed by atoms with Crippen molar-refractivity contribution in [3.63, 3.8) is 0 Å². The van der Waals surface area contributed by atoms with Crippen molar-refractivity contribution in [3.05, 3.63) is 23.8 Å². The molecule has 0 unspecified atom stereocenters. The third kappa shape index (κ3) is 2.41. The van der Waals surface area contributed by atoms with Gasteiger partial charge in [-0.2, -0.15) is 0 Å². The van der Waals surface area contributed by atoms with Crippen LogP contribution in [0.25, 0.3) is 0 Å². The second-order valence-corrected chi connectivity index (χ2v) is 6.58. The molecule has 20 heavy (non-hydrogen) atoms. The van der Waals surface area contributed by atoms with Gasteiger partial charge in [-0.25, -0.2) is 0 Å². The zero-order chi connectivity index (χ0) is 14.3. The van der Waals surface area contributed by atoms with Crippen LogP contribution in [-0.2, 0) is 11.2 Å². The van der Waals surface area contributed by atoms with E-state index in [0.717, 1.165) is 30.5 Å². The number of rotatable bonds is 3. The minimum atomic E-state index is 0.142. The number of hydrogen-bond acceptors (Lipinski definition) is 2. The summed E-state index contributed by atoms with van der Waals surface area (Å²) in [5, 5.41) is 3.63. The van der Waals surface area contributed by atoms with Gasteiger partial charge in [0.15, 0.2) is 0 Å². The van der Waals surface area contributed by atoms with E-state index in [9.17, 15) is 4.79 Å². The molecule has 1 aromatic rings. The molecule has 1 aliphatic carbocycles. The van der Waals surface area contributed by atoms with Gasteiger partial charge in [-0.1, -0.05) is 13.8 Å². The first-order chi connectivity index (χ1) is 9.54. The quantitative estimate of drug-likeness (QED) is 0.914. The van der Waals surface area contributed by atoms with Gasteiger partial charge >= 0.3 is 0 Å². The van der Waals surface area contributed by atoms with Gasteiger partial charge in [0.2, 0.25) is 5.91 Å². The molecule has 1 aromatic carbocycles. The molecule has 0 saturated heterocycles. The van der Waals surface area contributed by atoms with E-state index in [-0.39, 0.29) is 5.91 Å². The second kappa shape index (κ2) is 5.12. The summed E-state index contributed by atoms with van der Waals surface area (Å²) < 4.78 is 0. The lowest BCUT2D eigenvalue weighted by atomic mass is 9.73. The van der Waals surface area contributed by atoms with Crippen LogP contribution < -0.4 is 10.2 Å². The summed E-state index contributed by atoms with van der Waals surface area (Å²) in [5.41, 5.74) is 3.60. The van der Waals surface area contributed by atoms with Crippen LogP contribution in [0.3, 0.4) is 0 Å². The molecule has 3 rings (SSSR count). The van der Waals surface area contributed by atoms with Crippen molar-refractivity contribution < 1.29 is 4.79 Å². The molecule has 0 bridgehead atoms. The zero-order valence-electron chi connectivity index (χ0n) is 12.6. The maximum absolute atomic E-state index is 11.5. The van der Waals surface area contributed by atoms with Crippen LogP contribution in [0.1, 0.15) is 39.2 Å². The van der Waals surface area contributed by atoms with Gasteiger partial charge in [-0.3, -0.25) is 4.79 Å². The van der Waals surface area contributed by atoms with E-state index in [4.69, 9.17) is 0 Å². The van der Waals surface area contributed by atoms with Gasteiger partial charge < -0.3 is 10.2 Å². The number of amides is 1. The first-order valence-corrected chi connectivity index (χ1v) is 7.72. The molecule has 1 amide bonds. The Balaban J connectivity index is 1.65. The van der Waals surface area contributed by atoms with Gasteiger partial charge in [-0.15, -0.1) is 0 Å². The number of anilines is 2. The smallest absolute Gasteiger partial charge is 0.223 e. The summed E-state index contributed by atoms with van der Waals surface area (Å²) in [7, 11) is 0. The monoisotopic (exact) mass is 272 g/mol. The molecule has 1 N–H and O–H groups in total. The van der Waals surface area contributed by atoms with Gasteiger partial charge in [0.25, 0.3) is 0 Å². The molecule has 3 heteroatoms. The van der Waals surface area contributed by atoms with Crippen molar-refractivity contribution in [2.45, 2.75) is 46.1 Å². The molecule has 2 aliphatic rings. The van der Waals surface area contributed by atoms with E-state index in [1.54, 1.807) is 6.92 Å². The van der Waals surface area contributed by atoms with Crippen LogP contribution in [-0.4, -0.2) is 18.5 Å². The number of carbonyl (C=O) groups is 1. The SMILES string of the molecule is CC(=O)N1CCc2cc(NC3CC(C(C)C)C3)ccc21. The Morgan fingerprint density at radius 3 is 2.75 bits per heavy atom.